The minimum Gasteiger partial charge on any atom is -0.489 e. The fourth-order valence-corrected chi connectivity index (χ4v) is 0.575. The first-order chi connectivity index (χ1) is 5.35. The molecule has 0 fully saturated rings. The molecule has 0 bridgehead atoms. The zero-order chi connectivity index (χ0) is 8.53. The second-order valence-electron chi connectivity index (χ2n) is 1.95. The van der Waals surface area contributed by atoms with Crippen LogP contribution in [-0.2, 0) is 4.74 Å². The summed E-state index contributed by atoms with van der Waals surface area (Å²) < 4.78 is 4.97. The van der Waals surface area contributed by atoms with Crippen LogP contribution < -0.4 is 0 Å². The molecule has 0 rings (SSSR count). The third-order valence-electron chi connectivity index (χ3n) is 1.09. The van der Waals surface area contributed by atoms with Crippen molar-refractivity contribution in [2.75, 3.05) is 7.11 Å². The molecule has 0 unspecified atom stereocenters. The topological polar surface area (TPSA) is 9.23 Å². The molecule has 0 aromatic rings. The van der Waals surface area contributed by atoms with E-state index in [1.165, 1.54) is 0 Å². The fraction of sp³-hybridized carbons (Fsp3) is 0.400. The highest BCUT2D eigenvalue weighted by molar-refractivity contribution is 5.25. The van der Waals surface area contributed by atoms with Crippen LogP contribution in [0.4, 0.5) is 0 Å². The standard InChI is InChI=1S/C10H14O/c1-4-6-7-9-10(11-3)8-5-2/h6-7,9H,4H2,1-3H3/b7-6-,10-9+. The number of hydrogen-bond donors (Lipinski definition) is 0. The fourth-order valence-electron chi connectivity index (χ4n) is 0.575. The molecule has 1 nitrogen and oxygen atoms in total. The predicted octanol–water partition coefficient (Wildman–Crippen LogP) is 2.51. The van der Waals surface area contributed by atoms with Gasteiger partial charge in [0.1, 0.15) is 0 Å². The number of methoxy groups -OCH3 is 1. The van der Waals surface area contributed by atoms with Crippen LogP contribution in [0.25, 0.3) is 0 Å². The molecule has 0 saturated heterocycles. The Bertz CT molecular complexity index is 201. The van der Waals surface area contributed by atoms with E-state index in [0.717, 1.165) is 6.42 Å². The molecule has 0 spiro atoms. The predicted molar refractivity (Wildman–Crippen MR) is 48.0 cm³/mol. The number of ether oxygens (including phenoxy) is 1. The van der Waals surface area contributed by atoms with Gasteiger partial charge in [-0.2, -0.15) is 0 Å². The van der Waals surface area contributed by atoms with Gasteiger partial charge in [-0.25, -0.2) is 0 Å². The first-order valence-electron chi connectivity index (χ1n) is 3.68. The maximum atomic E-state index is 4.97. The normalized spacial score (nSPS) is 11.0. The van der Waals surface area contributed by atoms with Crippen molar-refractivity contribution in [1.82, 2.24) is 0 Å². The van der Waals surface area contributed by atoms with Crippen molar-refractivity contribution >= 4 is 0 Å². The summed E-state index contributed by atoms with van der Waals surface area (Å²) in [6.07, 6.45) is 6.90. The van der Waals surface area contributed by atoms with Gasteiger partial charge in [0.15, 0.2) is 5.76 Å². The molecule has 0 aromatic heterocycles. The Morgan fingerprint density at radius 3 is 2.73 bits per heavy atom. The van der Waals surface area contributed by atoms with E-state index in [4.69, 9.17) is 4.74 Å². The number of rotatable bonds is 3. The molecule has 0 aliphatic carbocycles. The largest absolute Gasteiger partial charge is 0.489 e. The molecule has 0 aliphatic rings. The molecule has 60 valence electrons. The third-order valence-corrected chi connectivity index (χ3v) is 1.09. The van der Waals surface area contributed by atoms with Crippen LogP contribution in [0.5, 0.6) is 0 Å². The Kier molecular flexibility index (Phi) is 6.22. The maximum absolute atomic E-state index is 4.97. The van der Waals surface area contributed by atoms with E-state index in [2.05, 4.69) is 24.8 Å². The highest BCUT2D eigenvalue weighted by atomic mass is 16.5. The summed E-state index contributed by atoms with van der Waals surface area (Å²) in [6, 6.07) is 0. The summed E-state index contributed by atoms with van der Waals surface area (Å²) in [5.74, 6) is 6.30. The molecular formula is C10H14O. The highest BCUT2D eigenvalue weighted by Crippen LogP contribution is 1.93. The summed E-state index contributed by atoms with van der Waals surface area (Å²) in [5.41, 5.74) is 0. The van der Waals surface area contributed by atoms with E-state index in [1.807, 2.05) is 12.2 Å². The first-order valence-corrected chi connectivity index (χ1v) is 3.68. The SMILES string of the molecule is CC#C/C(=C\C=C/CC)OC. The van der Waals surface area contributed by atoms with Crippen LogP contribution in [0.15, 0.2) is 24.0 Å². The second-order valence-corrected chi connectivity index (χ2v) is 1.95. The Morgan fingerprint density at radius 1 is 1.55 bits per heavy atom. The van der Waals surface area contributed by atoms with Gasteiger partial charge in [-0.15, -0.1) is 0 Å². The van der Waals surface area contributed by atoms with Gasteiger partial charge in [-0.1, -0.05) is 25.0 Å². The van der Waals surface area contributed by atoms with Gasteiger partial charge in [0.05, 0.1) is 7.11 Å². The lowest BCUT2D eigenvalue weighted by Gasteiger charge is -1.92. The van der Waals surface area contributed by atoms with Gasteiger partial charge >= 0.3 is 0 Å². The van der Waals surface area contributed by atoms with Crippen LogP contribution in [0.1, 0.15) is 20.3 Å². The molecule has 0 saturated carbocycles. The van der Waals surface area contributed by atoms with Crippen LogP contribution in [0.3, 0.4) is 0 Å². The van der Waals surface area contributed by atoms with E-state index in [9.17, 15) is 0 Å². The summed E-state index contributed by atoms with van der Waals surface area (Å²) in [7, 11) is 1.62. The van der Waals surface area contributed by atoms with Crippen molar-refractivity contribution in [3.63, 3.8) is 0 Å². The third kappa shape index (κ3) is 5.29. The van der Waals surface area contributed by atoms with Crippen LogP contribution >= 0.6 is 0 Å². The van der Waals surface area contributed by atoms with Crippen molar-refractivity contribution < 1.29 is 4.74 Å². The van der Waals surface area contributed by atoms with Crippen molar-refractivity contribution in [2.45, 2.75) is 20.3 Å². The van der Waals surface area contributed by atoms with E-state index in [0.29, 0.717) is 5.76 Å². The molecular weight excluding hydrogens is 136 g/mol. The molecule has 0 aromatic carbocycles. The summed E-state index contributed by atoms with van der Waals surface area (Å²) >= 11 is 0. The van der Waals surface area contributed by atoms with Gasteiger partial charge in [-0.3, -0.25) is 0 Å². The molecule has 0 radical (unpaired) electrons. The van der Waals surface area contributed by atoms with Gasteiger partial charge in [0.25, 0.3) is 0 Å². The maximum Gasteiger partial charge on any atom is 0.169 e. The Hall–Kier alpha value is -1.16. The van der Waals surface area contributed by atoms with Crippen LogP contribution in [-0.4, -0.2) is 7.11 Å². The van der Waals surface area contributed by atoms with Gasteiger partial charge in [-0.05, 0) is 25.3 Å². The number of hydrogen-bond acceptors (Lipinski definition) is 1. The zero-order valence-corrected chi connectivity index (χ0v) is 7.35. The second kappa shape index (κ2) is 6.95. The quantitative estimate of drug-likeness (QED) is 0.341. The molecule has 0 atom stereocenters. The van der Waals surface area contributed by atoms with Crippen molar-refractivity contribution in [3.8, 4) is 11.8 Å². The first kappa shape index (κ1) is 9.84. The highest BCUT2D eigenvalue weighted by Gasteiger charge is 1.82. The molecule has 0 heterocycles. The monoisotopic (exact) mass is 150 g/mol. The van der Waals surface area contributed by atoms with E-state index in [-0.39, 0.29) is 0 Å². The minimum absolute atomic E-state index is 0.706. The van der Waals surface area contributed by atoms with Crippen molar-refractivity contribution in [1.29, 1.82) is 0 Å². The lowest BCUT2D eigenvalue weighted by atomic mass is 10.3. The lowest BCUT2D eigenvalue weighted by molar-refractivity contribution is 0.311. The number of allylic oxidation sites excluding steroid dienone is 4. The van der Waals surface area contributed by atoms with Crippen molar-refractivity contribution in [3.05, 3.63) is 24.0 Å². The molecule has 0 amide bonds. The van der Waals surface area contributed by atoms with Crippen molar-refractivity contribution in [2.24, 2.45) is 0 Å². The van der Waals surface area contributed by atoms with Gasteiger partial charge in [0.2, 0.25) is 0 Å². The smallest absolute Gasteiger partial charge is 0.169 e. The zero-order valence-electron chi connectivity index (χ0n) is 7.35. The summed E-state index contributed by atoms with van der Waals surface area (Å²) in [4.78, 5) is 0. The van der Waals surface area contributed by atoms with Gasteiger partial charge < -0.3 is 4.74 Å². The van der Waals surface area contributed by atoms with E-state index in [1.54, 1.807) is 14.0 Å². The Morgan fingerprint density at radius 2 is 2.27 bits per heavy atom. The lowest BCUT2D eigenvalue weighted by Crippen LogP contribution is -1.79. The Labute approximate surface area is 68.8 Å². The summed E-state index contributed by atoms with van der Waals surface area (Å²) in [5, 5.41) is 0. The molecule has 11 heavy (non-hydrogen) atoms. The summed E-state index contributed by atoms with van der Waals surface area (Å²) in [6.45, 7) is 3.87. The van der Waals surface area contributed by atoms with E-state index >= 15 is 0 Å². The van der Waals surface area contributed by atoms with Crippen LogP contribution in [0.2, 0.25) is 0 Å². The Balaban J connectivity index is 4.08. The molecule has 0 aliphatic heterocycles. The minimum atomic E-state index is 0.706. The van der Waals surface area contributed by atoms with Gasteiger partial charge in [0, 0.05) is 0 Å². The van der Waals surface area contributed by atoms with Crippen LogP contribution in [0, 0.1) is 11.8 Å². The average molecular weight is 150 g/mol. The van der Waals surface area contributed by atoms with E-state index < -0.39 is 0 Å². The molecule has 0 N–H and O–H groups in total. The average Bonchev–Trinajstić information content (AvgIpc) is 2.03. The molecule has 1 heteroatoms.